The number of likely N-dealkylation sites (N-methyl/N-ethyl adjacent to an activating group) is 1. The molecule has 2 rings (SSSR count). The van der Waals surface area contributed by atoms with Gasteiger partial charge in [0, 0.05) is 25.2 Å². The van der Waals surface area contributed by atoms with Gasteiger partial charge in [0.2, 0.25) is 11.0 Å². The highest BCUT2D eigenvalue weighted by atomic mass is 32.2. The summed E-state index contributed by atoms with van der Waals surface area (Å²) in [7, 11) is 3.49. The van der Waals surface area contributed by atoms with E-state index in [9.17, 15) is 4.79 Å². The third-order valence-electron chi connectivity index (χ3n) is 2.17. The number of hydrogen-bond donors (Lipinski definition) is 1. The number of thioether (sulfide) groups is 1. The van der Waals surface area contributed by atoms with E-state index in [1.165, 1.54) is 22.7 Å². The minimum atomic E-state index is 0.0606. The van der Waals surface area contributed by atoms with Crippen molar-refractivity contribution in [3.8, 4) is 0 Å². The average molecular weight is 315 g/mol. The van der Waals surface area contributed by atoms with Crippen molar-refractivity contribution in [2.24, 2.45) is 0 Å². The third kappa shape index (κ3) is 4.15. The molecule has 0 spiro atoms. The third-order valence-corrected chi connectivity index (χ3v) is 4.98. The van der Waals surface area contributed by atoms with Crippen LogP contribution in [0.25, 0.3) is 0 Å². The van der Waals surface area contributed by atoms with Gasteiger partial charge in [-0.15, -0.1) is 21.5 Å². The molecule has 102 valence electrons. The quantitative estimate of drug-likeness (QED) is 0.842. The second-order valence-corrected chi connectivity index (χ2v) is 7.07. The molecule has 0 atom stereocenters. The number of nitrogen functional groups attached to an aromatic ring is 1. The lowest BCUT2D eigenvalue weighted by molar-refractivity contribution is -0.127. The van der Waals surface area contributed by atoms with Gasteiger partial charge in [0.25, 0.3) is 0 Å². The first kappa shape index (κ1) is 14.2. The van der Waals surface area contributed by atoms with Gasteiger partial charge in [0.05, 0.1) is 12.1 Å². The van der Waals surface area contributed by atoms with Gasteiger partial charge in [-0.3, -0.25) is 4.79 Å². The summed E-state index contributed by atoms with van der Waals surface area (Å²) in [6.45, 7) is 0. The van der Waals surface area contributed by atoms with Crippen LogP contribution in [0, 0.1) is 0 Å². The van der Waals surface area contributed by atoms with Gasteiger partial charge < -0.3 is 10.6 Å². The molecule has 0 fully saturated rings. The molecule has 6 nitrogen and oxygen atoms in total. The number of amides is 1. The first-order valence-electron chi connectivity index (χ1n) is 5.40. The van der Waals surface area contributed by atoms with E-state index in [0.29, 0.717) is 17.3 Å². The largest absolute Gasteiger partial charge is 0.374 e. The van der Waals surface area contributed by atoms with Crippen molar-refractivity contribution >= 4 is 45.5 Å². The lowest BCUT2D eigenvalue weighted by Crippen LogP contribution is -2.23. The van der Waals surface area contributed by atoms with Crippen LogP contribution < -0.4 is 5.73 Å². The molecule has 0 unspecified atom stereocenters. The van der Waals surface area contributed by atoms with E-state index in [1.54, 1.807) is 30.8 Å². The molecule has 1 amide bonds. The molecule has 2 heterocycles. The molecule has 9 heteroatoms. The number of aromatic nitrogens is 3. The average Bonchev–Trinajstić information content (AvgIpc) is 2.95. The zero-order chi connectivity index (χ0) is 13.8. The molecule has 0 aliphatic heterocycles. The summed E-state index contributed by atoms with van der Waals surface area (Å²) in [4.78, 5) is 17.6. The summed E-state index contributed by atoms with van der Waals surface area (Å²) in [5.41, 5.74) is 6.46. The highest BCUT2D eigenvalue weighted by Crippen LogP contribution is 2.27. The van der Waals surface area contributed by atoms with E-state index in [0.717, 1.165) is 15.0 Å². The lowest BCUT2D eigenvalue weighted by atomic mass is 10.4. The fourth-order valence-electron chi connectivity index (χ4n) is 1.20. The maximum atomic E-state index is 11.6. The second-order valence-electron chi connectivity index (χ2n) is 3.89. The Morgan fingerprint density at radius 3 is 2.89 bits per heavy atom. The van der Waals surface area contributed by atoms with Gasteiger partial charge >= 0.3 is 0 Å². The number of nitrogens with zero attached hydrogens (tertiary/aromatic N) is 4. The molecule has 19 heavy (non-hydrogen) atoms. The van der Waals surface area contributed by atoms with Crippen molar-refractivity contribution in [3.63, 3.8) is 0 Å². The van der Waals surface area contributed by atoms with Gasteiger partial charge in [0.15, 0.2) is 4.34 Å². The molecule has 2 N–H and O–H groups in total. The minimum absolute atomic E-state index is 0.0606. The Labute approximate surface area is 123 Å². The molecule has 0 bridgehead atoms. The molecular weight excluding hydrogens is 302 g/mol. The van der Waals surface area contributed by atoms with Crippen molar-refractivity contribution in [2.45, 2.75) is 16.5 Å². The molecular formula is C10H13N5OS3. The van der Waals surface area contributed by atoms with Crippen LogP contribution in [0.2, 0.25) is 0 Å². The Balaban J connectivity index is 1.88. The van der Waals surface area contributed by atoms with Crippen LogP contribution in [0.4, 0.5) is 5.13 Å². The highest BCUT2D eigenvalue weighted by molar-refractivity contribution is 8.00. The number of carbonyl (C=O) groups is 1. The summed E-state index contributed by atoms with van der Waals surface area (Å²) in [6, 6.07) is 0. The van der Waals surface area contributed by atoms with E-state index in [1.807, 2.05) is 5.38 Å². The van der Waals surface area contributed by atoms with Gasteiger partial charge in [0.1, 0.15) is 5.01 Å². The van der Waals surface area contributed by atoms with E-state index in [2.05, 4.69) is 15.2 Å². The topological polar surface area (TPSA) is 85.0 Å². The lowest BCUT2D eigenvalue weighted by Gasteiger charge is -2.07. The number of carbonyl (C=O) groups excluding carboxylic acids is 1. The molecule has 2 aromatic rings. The first-order valence-corrected chi connectivity index (χ1v) is 8.08. The smallest absolute Gasteiger partial charge is 0.228 e. The maximum absolute atomic E-state index is 11.6. The fraction of sp³-hybridized carbons (Fsp3) is 0.400. The second kappa shape index (κ2) is 6.31. The first-order chi connectivity index (χ1) is 9.04. The van der Waals surface area contributed by atoms with Crippen molar-refractivity contribution in [1.29, 1.82) is 0 Å². The summed E-state index contributed by atoms with van der Waals surface area (Å²) in [6.07, 6.45) is 0.355. The standard InChI is InChI=1S/C10H13N5OS3/c1-15(2)8(16)3-7-12-6(4-17-7)5-18-10-14-13-9(11)19-10/h4H,3,5H2,1-2H3,(H2,11,13). The fourth-order valence-corrected chi connectivity index (χ4v) is 3.62. The number of nitrogens with two attached hydrogens (primary N) is 1. The molecule has 0 aliphatic carbocycles. The zero-order valence-corrected chi connectivity index (χ0v) is 12.9. The van der Waals surface area contributed by atoms with Crippen LogP contribution in [0.3, 0.4) is 0 Å². The van der Waals surface area contributed by atoms with E-state index >= 15 is 0 Å². The van der Waals surface area contributed by atoms with E-state index < -0.39 is 0 Å². The Morgan fingerprint density at radius 2 is 2.26 bits per heavy atom. The van der Waals surface area contributed by atoms with Gasteiger partial charge in [-0.2, -0.15) is 0 Å². The predicted molar refractivity (Wildman–Crippen MR) is 78.4 cm³/mol. The number of rotatable bonds is 5. The van der Waals surface area contributed by atoms with Crippen LogP contribution >= 0.6 is 34.4 Å². The maximum Gasteiger partial charge on any atom is 0.228 e. The monoisotopic (exact) mass is 315 g/mol. The summed E-state index contributed by atoms with van der Waals surface area (Å²) >= 11 is 4.41. The number of thiazole rings is 1. The Hall–Kier alpha value is -1.19. The van der Waals surface area contributed by atoms with Crippen LogP contribution in [0.15, 0.2) is 9.72 Å². The van der Waals surface area contributed by atoms with Crippen LogP contribution in [-0.2, 0) is 17.0 Å². The van der Waals surface area contributed by atoms with Crippen molar-refractivity contribution in [2.75, 3.05) is 19.8 Å². The predicted octanol–water partition coefficient (Wildman–Crippen LogP) is 1.50. The Bertz CT molecular complexity index is 565. The molecule has 0 radical (unpaired) electrons. The van der Waals surface area contributed by atoms with Crippen molar-refractivity contribution < 1.29 is 4.79 Å². The highest BCUT2D eigenvalue weighted by Gasteiger charge is 2.10. The van der Waals surface area contributed by atoms with Gasteiger partial charge in [-0.1, -0.05) is 23.1 Å². The zero-order valence-electron chi connectivity index (χ0n) is 10.5. The van der Waals surface area contributed by atoms with E-state index in [-0.39, 0.29) is 5.91 Å². The van der Waals surface area contributed by atoms with Gasteiger partial charge in [-0.25, -0.2) is 4.98 Å². The van der Waals surface area contributed by atoms with Crippen molar-refractivity contribution in [3.05, 3.63) is 16.1 Å². The summed E-state index contributed by atoms with van der Waals surface area (Å²) in [5.74, 6) is 0.770. The Kier molecular flexibility index (Phi) is 4.72. The van der Waals surface area contributed by atoms with E-state index in [4.69, 9.17) is 5.73 Å². The molecule has 2 aromatic heterocycles. The number of anilines is 1. The minimum Gasteiger partial charge on any atom is -0.374 e. The SMILES string of the molecule is CN(C)C(=O)Cc1nc(CSc2nnc(N)s2)cs1. The molecule has 0 aromatic carbocycles. The normalized spacial score (nSPS) is 10.6. The Morgan fingerprint density at radius 1 is 1.47 bits per heavy atom. The molecule has 0 saturated heterocycles. The summed E-state index contributed by atoms with van der Waals surface area (Å²) < 4.78 is 0.830. The van der Waals surface area contributed by atoms with Crippen LogP contribution in [0.1, 0.15) is 10.7 Å². The van der Waals surface area contributed by atoms with Gasteiger partial charge in [-0.05, 0) is 0 Å². The van der Waals surface area contributed by atoms with Crippen LogP contribution in [0.5, 0.6) is 0 Å². The number of hydrogen-bond acceptors (Lipinski definition) is 8. The molecule has 0 saturated carbocycles. The van der Waals surface area contributed by atoms with Crippen molar-refractivity contribution in [1.82, 2.24) is 20.1 Å². The van der Waals surface area contributed by atoms with Crippen LogP contribution in [-0.4, -0.2) is 40.1 Å². The summed E-state index contributed by atoms with van der Waals surface area (Å²) in [5, 5.41) is 11.0. The molecule has 0 aliphatic rings.